The molecule has 1 aliphatic heterocycles. The molecule has 1 N–H and O–H groups in total. The SMILES string of the molecule is CCCCCCN1CC(C)(CC)NCc2ccccc21. The van der Waals surface area contributed by atoms with Gasteiger partial charge >= 0.3 is 0 Å². The lowest BCUT2D eigenvalue weighted by atomic mass is 9.98. The predicted octanol–water partition coefficient (Wildman–Crippen LogP) is 4.35. The van der Waals surface area contributed by atoms with Crippen molar-refractivity contribution in [3.63, 3.8) is 0 Å². The van der Waals surface area contributed by atoms with Gasteiger partial charge in [0.05, 0.1) is 0 Å². The van der Waals surface area contributed by atoms with Gasteiger partial charge in [0.25, 0.3) is 0 Å². The van der Waals surface area contributed by atoms with Crippen LogP contribution in [-0.4, -0.2) is 18.6 Å². The first-order chi connectivity index (χ1) is 9.68. The van der Waals surface area contributed by atoms with E-state index in [-0.39, 0.29) is 5.54 Å². The summed E-state index contributed by atoms with van der Waals surface area (Å²) in [7, 11) is 0. The highest BCUT2D eigenvalue weighted by Gasteiger charge is 2.28. The maximum absolute atomic E-state index is 3.75. The van der Waals surface area contributed by atoms with E-state index in [1.165, 1.54) is 49.9 Å². The Morgan fingerprint density at radius 1 is 1.15 bits per heavy atom. The third-order valence-corrected chi connectivity index (χ3v) is 4.64. The van der Waals surface area contributed by atoms with E-state index < -0.39 is 0 Å². The molecule has 0 saturated heterocycles. The number of hydrogen-bond donors (Lipinski definition) is 1. The Morgan fingerprint density at radius 3 is 2.70 bits per heavy atom. The molecule has 0 amide bonds. The number of fused-ring (bicyclic) bond motifs is 1. The summed E-state index contributed by atoms with van der Waals surface area (Å²) in [6, 6.07) is 8.89. The van der Waals surface area contributed by atoms with Crippen molar-refractivity contribution >= 4 is 5.69 Å². The summed E-state index contributed by atoms with van der Waals surface area (Å²) in [6.07, 6.45) is 6.50. The van der Waals surface area contributed by atoms with E-state index in [9.17, 15) is 0 Å². The van der Waals surface area contributed by atoms with Crippen LogP contribution in [0.1, 0.15) is 58.4 Å². The third kappa shape index (κ3) is 3.76. The summed E-state index contributed by atoms with van der Waals surface area (Å²) >= 11 is 0. The first-order valence-corrected chi connectivity index (χ1v) is 8.26. The summed E-state index contributed by atoms with van der Waals surface area (Å²) in [5.74, 6) is 0. The van der Waals surface area contributed by atoms with Crippen molar-refractivity contribution in [1.29, 1.82) is 0 Å². The largest absolute Gasteiger partial charge is 0.369 e. The van der Waals surface area contributed by atoms with Crippen molar-refractivity contribution < 1.29 is 0 Å². The fourth-order valence-electron chi connectivity index (χ4n) is 3.01. The second-order valence-corrected chi connectivity index (χ2v) is 6.38. The van der Waals surface area contributed by atoms with Gasteiger partial charge in [0.15, 0.2) is 0 Å². The zero-order valence-electron chi connectivity index (χ0n) is 13.4. The third-order valence-electron chi connectivity index (χ3n) is 4.64. The summed E-state index contributed by atoms with van der Waals surface area (Å²) in [6.45, 7) is 10.2. The molecule has 0 fully saturated rings. The standard InChI is InChI=1S/C18H30N2/c1-4-6-7-10-13-20-15-18(3,5-2)19-14-16-11-8-9-12-17(16)20/h8-9,11-12,19H,4-7,10,13-15H2,1-3H3. The smallest absolute Gasteiger partial charge is 0.0412 e. The van der Waals surface area contributed by atoms with Crippen LogP contribution in [0, 0.1) is 0 Å². The minimum absolute atomic E-state index is 0.226. The molecule has 0 radical (unpaired) electrons. The second-order valence-electron chi connectivity index (χ2n) is 6.38. The van der Waals surface area contributed by atoms with Crippen LogP contribution in [0.3, 0.4) is 0 Å². The number of anilines is 1. The Labute approximate surface area is 124 Å². The van der Waals surface area contributed by atoms with Gasteiger partial charge in [0.1, 0.15) is 0 Å². The maximum Gasteiger partial charge on any atom is 0.0412 e. The van der Waals surface area contributed by atoms with Crippen LogP contribution in [0.4, 0.5) is 5.69 Å². The highest BCUT2D eigenvalue weighted by atomic mass is 15.2. The summed E-state index contributed by atoms with van der Waals surface area (Å²) in [4.78, 5) is 2.61. The van der Waals surface area contributed by atoms with Crippen molar-refractivity contribution in [2.24, 2.45) is 0 Å². The minimum atomic E-state index is 0.226. The van der Waals surface area contributed by atoms with Gasteiger partial charge in [0, 0.05) is 30.9 Å². The van der Waals surface area contributed by atoms with Crippen LogP contribution in [0.15, 0.2) is 24.3 Å². The summed E-state index contributed by atoms with van der Waals surface area (Å²) in [5, 5.41) is 3.75. The molecule has 1 atom stereocenters. The van der Waals surface area contributed by atoms with E-state index >= 15 is 0 Å². The Hall–Kier alpha value is -1.02. The van der Waals surface area contributed by atoms with Gasteiger partial charge in [-0.05, 0) is 31.4 Å². The molecule has 0 bridgehead atoms. The van der Waals surface area contributed by atoms with Crippen LogP contribution in [-0.2, 0) is 6.54 Å². The summed E-state index contributed by atoms with van der Waals surface area (Å²) < 4.78 is 0. The predicted molar refractivity (Wildman–Crippen MR) is 88.3 cm³/mol. The number of hydrogen-bond acceptors (Lipinski definition) is 2. The molecule has 112 valence electrons. The number of nitrogens with one attached hydrogen (secondary N) is 1. The molecule has 1 unspecified atom stereocenters. The van der Waals surface area contributed by atoms with Crippen molar-refractivity contribution in [2.45, 2.75) is 65.0 Å². The van der Waals surface area contributed by atoms with Gasteiger partial charge in [0.2, 0.25) is 0 Å². The monoisotopic (exact) mass is 274 g/mol. The van der Waals surface area contributed by atoms with Gasteiger partial charge in [-0.15, -0.1) is 0 Å². The molecule has 2 heteroatoms. The number of nitrogens with zero attached hydrogens (tertiary/aromatic N) is 1. The van der Waals surface area contributed by atoms with Crippen LogP contribution in [0.2, 0.25) is 0 Å². The van der Waals surface area contributed by atoms with E-state index in [4.69, 9.17) is 0 Å². The molecule has 1 aliphatic rings. The van der Waals surface area contributed by atoms with E-state index in [0.717, 1.165) is 13.1 Å². The lowest BCUT2D eigenvalue weighted by Gasteiger charge is -2.34. The molecule has 1 heterocycles. The maximum atomic E-state index is 3.75. The summed E-state index contributed by atoms with van der Waals surface area (Å²) in [5.41, 5.74) is 3.11. The number of para-hydroxylation sites is 1. The zero-order valence-corrected chi connectivity index (χ0v) is 13.4. The first kappa shape index (κ1) is 15.4. The number of benzene rings is 1. The van der Waals surface area contributed by atoms with Gasteiger partial charge in [-0.2, -0.15) is 0 Å². The van der Waals surface area contributed by atoms with Gasteiger partial charge < -0.3 is 10.2 Å². The molecular weight excluding hydrogens is 244 g/mol. The molecule has 2 nitrogen and oxygen atoms in total. The average Bonchev–Trinajstić information content (AvgIpc) is 2.62. The van der Waals surface area contributed by atoms with E-state index in [2.05, 4.69) is 55.3 Å². The Kier molecular flexibility index (Phi) is 5.47. The quantitative estimate of drug-likeness (QED) is 0.776. The van der Waals surface area contributed by atoms with Gasteiger partial charge in [-0.3, -0.25) is 0 Å². The fraction of sp³-hybridized carbons (Fsp3) is 0.667. The van der Waals surface area contributed by atoms with Crippen LogP contribution < -0.4 is 10.2 Å². The molecule has 2 rings (SSSR count). The van der Waals surface area contributed by atoms with Gasteiger partial charge in [-0.1, -0.05) is 51.3 Å². The first-order valence-electron chi connectivity index (χ1n) is 8.26. The Balaban J connectivity index is 2.11. The van der Waals surface area contributed by atoms with Crippen LogP contribution in [0.25, 0.3) is 0 Å². The van der Waals surface area contributed by atoms with E-state index in [1.807, 2.05) is 0 Å². The highest BCUT2D eigenvalue weighted by Crippen LogP contribution is 2.28. The molecule has 0 spiro atoms. The van der Waals surface area contributed by atoms with E-state index in [1.54, 1.807) is 0 Å². The molecule has 20 heavy (non-hydrogen) atoms. The van der Waals surface area contributed by atoms with Crippen molar-refractivity contribution in [2.75, 3.05) is 18.0 Å². The van der Waals surface area contributed by atoms with Crippen LogP contribution >= 0.6 is 0 Å². The minimum Gasteiger partial charge on any atom is -0.369 e. The lowest BCUT2D eigenvalue weighted by molar-refractivity contribution is 0.348. The van der Waals surface area contributed by atoms with E-state index in [0.29, 0.717) is 0 Å². The van der Waals surface area contributed by atoms with Crippen molar-refractivity contribution in [3.05, 3.63) is 29.8 Å². The molecule has 1 aromatic rings. The average molecular weight is 274 g/mol. The highest BCUT2D eigenvalue weighted by molar-refractivity contribution is 5.55. The van der Waals surface area contributed by atoms with Gasteiger partial charge in [-0.25, -0.2) is 0 Å². The molecule has 0 aromatic heterocycles. The van der Waals surface area contributed by atoms with Crippen LogP contribution in [0.5, 0.6) is 0 Å². The molecule has 0 aliphatic carbocycles. The molecular formula is C18H30N2. The molecule has 0 saturated carbocycles. The Bertz CT molecular complexity index is 416. The zero-order chi connectivity index (χ0) is 14.4. The van der Waals surface area contributed by atoms with Crippen molar-refractivity contribution in [1.82, 2.24) is 5.32 Å². The van der Waals surface area contributed by atoms with Crippen molar-refractivity contribution in [3.8, 4) is 0 Å². The topological polar surface area (TPSA) is 15.3 Å². The normalized spacial score (nSPS) is 22.4. The Morgan fingerprint density at radius 2 is 1.95 bits per heavy atom. The fourth-order valence-corrected chi connectivity index (χ4v) is 3.01. The number of unbranched alkanes of at least 4 members (excludes halogenated alkanes) is 3. The number of rotatable bonds is 6. The second kappa shape index (κ2) is 7.12. The molecule has 1 aromatic carbocycles. The lowest BCUT2D eigenvalue weighted by Crippen LogP contribution is -2.49.